The smallest absolute Gasteiger partial charge is 0.325 e. The van der Waals surface area contributed by atoms with Gasteiger partial charge in [-0.1, -0.05) is 29.0 Å². The normalized spacial score (nSPS) is 19.7. The maximum absolute atomic E-state index is 13.1. The van der Waals surface area contributed by atoms with Gasteiger partial charge in [-0.15, -0.1) is 0 Å². The van der Waals surface area contributed by atoms with E-state index in [0.29, 0.717) is 10.5 Å². The summed E-state index contributed by atoms with van der Waals surface area (Å²) in [5.74, 6) is -1.09. The molecular formula is C23H24ClN3O6S2. The number of morpholine rings is 1. The van der Waals surface area contributed by atoms with Crippen LogP contribution in [0.1, 0.15) is 24.2 Å². The molecule has 2 unspecified atom stereocenters. The van der Waals surface area contributed by atoms with Gasteiger partial charge in [-0.05, 0) is 50.2 Å². The number of amides is 1. The second-order valence-corrected chi connectivity index (χ2v) is 11.5. The van der Waals surface area contributed by atoms with Crippen molar-refractivity contribution in [2.24, 2.45) is 4.99 Å². The zero-order chi connectivity index (χ0) is 25.3. The van der Waals surface area contributed by atoms with Gasteiger partial charge in [0.25, 0.3) is 5.91 Å². The average molecular weight is 538 g/mol. The number of aromatic nitrogens is 1. The number of halogens is 1. The van der Waals surface area contributed by atoms with Crippen LogP contribution in [-0.4, -0.2) is 61.6 Å². The number of para-hydroxylation sites is 1. The second-order valence-electron chi connectivity index (χ2n) is 8.15. The first-order chi connectivity index (χ1) is 16.6. The van der Waals surface area contributed by atoms with E-state index in [9.17, 15) is 18.0 Å². The zero-order valence-corrected chi connectivity index (χ0v) is 21.7. The largest absolute Gasteiger partial charge is 0.468 e. The van der Waals surface area contributed by atoms with Crippen LogP contribution in [0.3, 0.4) is 0 Å². The molecule has 1 aromatic heterocycles. The standard InChI is InChI=1S/C23H24ClN3O6S2/c1-14-11-26(12-15(2)33-14)35(30,31)17-9-7-16(8-10-17)22(29)25-23-27(13-20(28)32-3)21-18(24)5-4-6-19(21)34-23/h4-10,14-15H,11-13H2,1-3H3. The summed E-state index contributed by atoms with van der Waals surface area (Å²) in [6, 6.07) is 10.9. The fourth-order valence-electron chi connectivity index (χ4n) is 3.91. The summed E-state index contributed by atoms with van der Waals surface area (Å²) in [5, 5.41) is 0.415. The van der Waals surface area contributed by atoms with Crippen LogP contribution in [0.4, 0.5) is 0 Å². The number of thiazole rings is 1. The molecule has 35 heavy (non-hydrogen) atoms. The van der Waals surface area contributed by atoms with E-state index < -0.39 is 21.9 Å². The molecule has 1 aliphatic rings. The summed E-state index contributed by atoms with van der Waals surface area (Å²) in [6.45, 7) is 4.01. The van der Waals surface area contributed by atoms with Gasteiger partial charge in [-0.3, -0.25) is 9.59 Å². The highest BCUT2D eigenvalue weighted by Gasteiger charge is 2.32. The lowest BCUT2D eigenvalue weighted by atomic mass is 10.2. The Morgan fingerprint density at radius 1 is 1.14 bits per heavy atom. The maximum atomic E-state index is 13.1. The van der Waals surface area contributed by atoms with Gasteiger partial charge in [0.05, 0.1) is 39.5 Å². The third kappa shape index (κ3) is 5.34. The molecule has 1 saturated heterocycles. The number of fused-ring (bicyclic) bond motifs is 1. The number of nitrogens with zero attached hydrogens (tertiary/aromatic N) is 3. The first-order valence-corrected chi connectivity index (χ1v) is 13.4. The summed E-state index contributed by atoms with van der Waals surface area (Å²) >= 11 is 7.55. The molecule has 1 aliphatic heterocycles. The number of hydrogen-bond donors (Lipinski definition) is 0. The first-order valence-electron chi connectivity index (χ1n) is 10.8. The van der Waals surface area contributed by atoms with Crippen LogP contribution in [0.25, 0.3) is 10.2 Å². The van der Waals surface area contributed by atoms with E-state index in [0.717, 1.165) is 4.70 Å². The monoisotopic (exact) mass is 537 g/mol. The molecule has 1 amide bonds. The van der Waals surface area contributed by atoms with E-state index in [1.807, 2.05) is 19.9 Å². The number of benzene rings is 2. The van der Waals surface area contributed by atoms with E-state index in [1.165, 1.54) is 51.6 Å². The van der Waals surface area contributed by atoms with Crippen LogP contribution in [0.15, 0.2) is 52.4 Å². The minimum atomic E-state index is -3.73. The lowest BCUT2D eigenvalue weighted by Crippen LogP contribution is -2.48. The van der Waals surface area contributed by atoms with Crippen molar-refractivity contribution in [1.29, 1.82) is 0 Å². The Kier molecular flexibility index (Phi) is 7.43. The van der Waals surface area contributed by atoms with Crippen molar-refractivity contribution in [3.8, 4) is 0 Å². The molecule has 0 radical (unpaired) electrons. The zero-order valence-electron chi connectivity index (χ0n) is 19.3. The number of methoxy groups -OCH3 is 1. The quantitative estimate of drug-likeness (QED) is 0.463. The molecule has 0 N–H and O–H groups in total. The molecular weight excluding hydrogens is 514 g/mol. The molecule has 2 aromatic carbocycles. The Bertz CT molecular complexity index is 1440. The van der Waals surface area contributed by atoms with Crippen molar-refractivity contribution < 1.29 is 27.5 Å². The predicted octanol–water partition coefficient (Wildman–Crippen LogP) is 3.07. The van der Waals surface area contributed by atoms with Gasteiger partial charge in [0.15, 0.2) is 4.80 Å². The minimum Gasteiger partial charge on any atom is -0.468 e. The summed E-state index contributed by atoms with van der Waals surface area (Å²) in [6.07, 6.45) is -0.417. The number of esters is 1. The molecule has 186 valence electrons. The van der Waals surface area contributed by atoms with Gasteiger partial charge in [0.1, 0.15) is 6.54 Å². The van der Waals surface area contributed by atoms with Crippen LogP contribution in [0, 0.1) is 0 Å². The molecule has 0 saturated carbocycles. The van der Waals surface area contributed by atoms with Crippen LogP contribution < -0.4 is 4.80 Å². The van der Waals surface area contributed by atoms with Crippen LogP contribution >= 0.6 is 22.9 Å². The Labute approximate surface area is 211 Å². The van der Waals surface area contributed by atoms with E-state index in [1.54, 1.807) is 12.1 Å². The highest BCUT2D eigenvalue weighted by Crippen LogP contribution is 2.26. The molecule has 12 heteroatoms. The van der Waals surface area contributed by atoms with Crippen molar-refractivity contribution in [1.82, 2.24) is 8.87 Å². The molecule has 0 bridgehead atoms. The number of hydrogen-bond acceptors (Lipinski definition) is 7. The number of carbonyl (C=O) groups excluding carboxylic acids is 2. The topological polar surface area (TPSA) is 107 Å². The third-order valence-electron chi connectivity index (χ3n) is 5.49. The van der Waals surface area contributed by atoms with Crippen LogP contribution in [-0.2, 0) is 30.8 Å². The fourth-order valence-corrected chi connectivity index (χ4v) is 6.89. The van der Waals surface area contributed by atoms with E-state index in [4.69, 9.17) is 21.1 Å². The van der Waals surface area contributed by atoms with Crippen molar-refractivity contribution >= 4 is 55.1 Å². The number of ether oxygens (including phenoxy) is 2. The number of carbonyl (C=O) groups is 2. The summed E-state index contributed by atoms with van der Waals surface area (Å²) < 4.78 is 40.2. The van der Waals surface area contributed by atoms with Crippen molar-refractivity contribution in [2.45, 2.75) is 37.5 Å². The summed E-state index contributed by atoms with van der Waals surface area (Å²) in [4.78, 5) is 29.5. The molecule has 3 aromatic rings. The summed E-state index contributed by atoms with van der Waals surface area (Å²) in [5.41, 5.74) is 0.785. The fraction of sp³-hybridized carbons (Fsp3) is 0.348. The van der Waals surface area contributed by atoms with Gasteiger partial charge in [-0.2, -0.15) is 9.30 Å². The van der Waals surface area contributed by atoms with Crippen molar-refractivity contribution in [3.05, 3.63) is 57.9 Å². The maximum Gasteiger partial charge on any atom is 0.325 e. The molecule has 4 rings (SSSR count). The van der Waals surface area contributed by atoms with E-state index in [2.05, 4.69) is 4.99 Å². The Balaban J connectivity index is 1.66. The number of sulfonamides is 1. The lowest BCUT2D eigenvalue weighted by molar-refractivity contribution is -0.141. The van der Waals surface area contributed by atoms with Gasteiger partial charge in [0.2, 0.25) is 10.0 Å². The highest BCUT2D eigenvalue weighted by atomic mass is 35.5. The molecule has 9 nitrogen and oxygen atoms in total. The molecule has 2 atom stereocenters. The first kappa shape index (κ1) is 25.5. The molecule has 1 fully saturated rings. The van der Waals surface area contributed by atoms with E-state index >= 15 is 0 Å². The Morgan fingerprint density at radius 3 is 2.43 bits per heavy atom. The van der Waals surface area contributed by atoms with Gasteiger partial charge >= 0.3 is 5.97 Å². The van der Waals surface area contributed by atoms with E-state index in [-0.39, 0.29) is 47.1 Å². The van der Waals surface area contributed by atoms with Gasteiger partial charge in [-0.25, -0.2) is 8.42 Å². The number of rotatable bonds is 5. The highest BCUT2D eigenvalue weighted by molar-refractivity contribution is 7.89. The SMILES string of the molecule is COC(=O)Cn1c(=NC(=O)c2ccc(S(=O)(=O)N3CC(C)OC(C)C3)cc2)sc2cccc(Cl)c21. The lowest BCUT2D eigenvalue weighted by Gasteiger charge is -2.34. The molecule has 0 spiro atoms. The summed E-state index contributed by atoms with van der Waals surface area (Å²) in [7, 11) is -2.46. The Morgan fingerprint density at radius 2 is 1.80 bits per heavy atom. The Hall–Kier alpha value is -2.57. The average Bonchev–Trinajstić information content (AvgIpc) is 3.16. The van der Waals surface area contributed by atoms with Gasteiger partial charge in [0, 0.05) is 18.7 Å². The van der Waals surface area contributed by atoms with Crippen LogP contribution in [0.5, 0.6) is 0 Å². The molecule has 2 heterocycles. The third-order valence-corrected chi connectivity index (χ3v) is 8.68. The second kappa shape index (κ2) is 10.2. The van der Waals surface area contributed by atoms with Crippen molar-refractivity contribution in [3.63, 3.8) is 0 Å². The minimum absolute atomic E-state index is 0.0877. The van der Waals surface area contributed by atoms with Crippen molar-refractivity contribution in [2.75, 3.05) is 20.2 Å². The predicted molar refractivity (Wildman–Crippen MR) is 132 cm³/mol. The molecule has 0 aliphatic carbocycles. The van der Waals surface area contributed by atoms with Crippen LogP contribution in [0.2, 0.25) is 5.02 Å². The van der Waals surface area contributed by atoms with Gasteiger partial charge < -0.3 is 14.0 Å².